The van der Waals surface area contributed by atoms with E-state index >= 15 is 0 Å². The van der Waals surface area contributed by atoms with Crippen LogP contribution in [0.15, 0.2) is 34.5 Å². The average molecular weight is 439 g/mol. The van der Waals surface area contributed by atoms with Gasteiger partial charge in [-0.3, -0.25) is 10.1 Å². The first-order valence-corrected chi connectivity index (χ1v) is 11.5. The van der Waals surface area contributed by atoms with E-state index in [1.807, 2.05) is 6.92 Å². The predicted molar refractivity (Wildman–Crippen MR) is 108 cm³/mol. The first-order chi connectivity index (χ1) is 13.7. The van der Waals surface area contributed by atoms with Gasteiger partial charge >= 0.3 is 11.0 Å². The van der Waals surface area contributed by atoms with Crippen LogP contribution in [0.5, 0.6) is 0 Å². The van der Waals surface area contributed by atoms with Gasteiger partial charge in [0.05, 0.1) is 15.4 Å². The first kappa shape index (κ1) is 21.4. The van der Waals surface area contributed by atoms with Crippen molar-refractivity contribution in [2.45, 2.75) is 50.7 Å². The molecule has 0 spiro atoms. The Morgan fingerprint density at radius 1 is 1.34 bits per heavy atom. The maximum Gasteiger partial charge on any atom is 0.338 e. The third-order valence-corrected chi connectivity index (χ3v) is 7.91. The number of rotatable bonds is 6. The molecular formula is C19H22N2O6S2. The number of sulfonamides is 1. The van der Waals surface area contributed by atoms with Crippen molar-refractivity contribution < 1.29 is 22.9 Å². The van der Waals surface area contributed by atoms with E-state index in [0.29, 0.717) is 17.7 Å². The van der Waals surface area contributed by atoms with E-state index in [-0.39, 0.29) is 28.1 Å². The molecule has 1 aliphatic heterocycles. The van der Waals surface area contributed by atoms with Crippen LogP contribution < -0.4 is 0 Å². The number of piperidine rings is 1. The standard InChI is InChI=1S/C19H22N2O6S2/c1-13-6-7-16(29(25,26)20-8-4-3-5-14(20)2)10-17(13)19(22)27-11-15-9-18(21(23)24)28-12-15/h6-7,9-10,12,14H,3-5,8,11H2,1-2H3. The lowest BCUT2D eigenvalue weighted by molar-refractivity contribution is -0.380. The van der Waals surface area contributed by atoms with Gasteiger partial charge in [0.2, 0.25) is 10.0 Å². The lowest BCUT2D eigenvalue weighted by Crippen LogP contribution is -2.41. The number of thiophene rings is 1. The fourth-order valence-corrected chi connectivity index (χ4v) is 5.75. The van der Waals surface area contributed by atoms with E-state index < -0.39 is 20.9 Å². The monoisotopic (exact) mass is 438 g/mol. The highest BCUT2D eigenvalue weighted by Gasteiger charge is 2.31. The van der Waals surface area contributed by atoms with Crippen LogP contribution in [0.2, 0.25) is 0 Å². The minimum atomic E-state index is -3.71. The molecule has 1 aromatic carbocycles. The number of nitro groups is 1. The average Bonchev–Trinajstić information content (AvgIpc) is 3.16. The number of hydrogen-bond acceptors (Lipinski definition) is 7. The Labute approximate surface area is 173 Å². The summed E-state index contributed by atoms with van der Waals surface area (Å²) in [6.07, 6.45) is 2.63. The summed E-state index contributed by atoms with van der Waals surface area (Å²) in [5.74, 6) is -0.667. The van der Waals surface area contributed by atoms with Crippen molar-refractivity contribution in [2.75, 3.05) is 6.54 Å². The molecule has 0 saturated carbocycles. The lowest BCUT2D eigenvalue weighted by Gasteiger charge is -2.32. The van der Waals surface area contributed by atoms with Crippen molar-refractivity contribution in [1.29, 1.82) is 0 Å². The van der Waals surface area contributed by atoms with Crippen molar-refractivity contribution in [3.8, 4) is 0 Å². The van der Waals surface area contributed by atoms with Gasteiger partial charge in [-0.1, -0.05) is 23.8 Å². The number of nitrogens with zero attached hydrogens (tertiary/aromatic N) is 2. The van der Waals surface area contributed by atoms with Gasteiger partial charge < -0.3 is 4.74 Å². The Morgan fingerprint density at radius 3 is 2.76 bits per heavy atom. The Bertz CT molecular complexity index is 1030. The van der Waals surface area contributed by atoms with Crippen LogP contribution in [-0.2, 0) is 21.4 Å². The van der Waals surface area contributed by atoms with Crippen molar-refractivity contribution in [1.82, 2.24) is 4.31 Å². The van der Waals surface area contributed by atoms with Gasteiger partial charge in [-0.05, 0) is 44.4 Å². The molecule has 0 bridgehead atoms. The molecule has 0 amide bonds. The summed E-state index contributed by atoms with van der Waals surface area (Å²) in [7, 11) is -3.71. The molecule has 1 unspecified atom stereocenters. The quantitative estimate of drug-likeness (QED) is 0.385. The van der Waals surface area contributed by atoms with Crippen LogP contribution in [0.3, 0.4) is 0 Å². The van der Waals surface area contributed by atoms with Gasteiger partial charge in [-0.25, -0.2) is 13.2 Å². The largest absolute Gasteiger partial charge is 0.457 e. The maximum atomic E-state index is 13.0. The van der Waals surface area contributed by atoms with Gasteiger partial charge in [0.15, 0.2) is 0 Å². The van der Waals surface area contributed by atoms with Crippen LogP contribution in [0.1, 0.15) is 47.7 Å². The molecule has 10 heteroatoms. The molecule has 1 aliphatic rings. The van der Waals surface area contributed by atoms with Crippen molar-refractivity contribution in [3.05, 3.63) is 56.5 Å². The lowest BCUT2D eigenvalue weighted by atomic mass is 10.1. The van der Waals surface area contributed by atoms with E-state index in [1.54, 1.807) is 18.4 Å². The third kappa shape index (κ3) is 4.65. The van der Waals surface area contributed by atoms with Gasteiger partial charge in [0.1, 0.15) is 6.61 Å². The highest BCUT2D eigenvalue weighted by Crippen LogP contribution is 2.27. The topological polar surface area (TPSA) is 107 Å². The summed E-state index contributed by atoms with van der Waals surface area (Å²) in [5.41, 5.74) is 1.27. The summed E-state index contributed by atoms with van der Waals surface area (Å²) < 4.78 is 32.8. The zero-order valence-corrected chi connectivity index (χ0v) is 17.8. The third-order valence-electron chi connectivity index (χ3n) is 4.97. The Kier molecular flexibility index (Phi) is 6.35. The molecule has 1 atom stereocenters. The SMILES string of the molecule is Cc1ccc(S(=O)(=O)N2CCCCC2C)cc1C(=O)OCc1csc([N+](=O)[O-])c1. The molecule has 156 valence electrons. The second-order valence-electron chi connectivity index (χ2n) is 7.06. The number of carbonyl (C=O) groups is 1. The van der Waals surface area contributed by atoms with Gasteiger partial charge in [0, 0.05) is 29.6 Å². The molecule has 1 aromatic heterocycles. The molecule has 1 fully saturated rings. The maximum absolute atomic E-state index is 13.0. The summed E-state index contributed by atoms with van der Waals surface area (Å²) in [6.45, 7) is 3.93. The Balaban J connectivity index is 1.79. The van der Waals surface area contributed by atoms with Crippen molar-refractivity contribution in [3.63, 3.8) is 0 Å². The molecule has 1 saturated heterocycles. The van der Waals surface area contributed by atoms with E-state index in [2.05, 4.69) is 0 Å². The number of benzene rings is 1. The molecule has 0 radical (unpaired) electrons. The van der Waals surface area contributed by atoms with Gasteiger partial charge in [-0.2, -0.15) is 4.31 Å². The molecule has 0 N–H and O–H groups in total. The molecule has 29 heavy (non-hydrogen) atoms. The number of hydrogen-bond donors (Lipinski definition) is 0. The number of carbonyl (C=O) groups excluding carboxylic acids is 1. The molecular weight excluding hydrogens is 416 g/mol. The first-order valence-electron chi connectivity index (χ1n) is 9.21. The Morgan fingerprint density at radius 2 is 2.10 bits per heavy atom. The molecule has 2 aromatic rings. The molecule has 0 aliphatic carbocycles. The number of aryl methyl sites for hydroxylation is 1. The van der Waals surface area contributed by atoms with Gasteiger partial charge in [-0.15, -0.1) is 0 Å². The second kappa shape index (κ2) is 8.60. The zero-order valence-electron chi connectivity index (χ0n) is 16.2. The van der Waals surface area contributed by atoms with Crippen LogP contribution in [-0.4, -0.2) is 36.2 Å². The minimum absolute atomic E-state index is 0.0315. The van der Waals surface area contributed by atoms with Crippen LogP contribution >= 0.6 is 11.3 Å². The number of ether oxygens (including phenoxy) is 1. The van der Waals surface area contributed by atoms with E-state index in [1.165, 1.54) is 22.5 Å². The molecule has 8 nitrogen and oxygen atoms in total. The van der Waals surface area contributed by atoms with E-state index in [9.17, 15) is 23.3 Å². The fraction of sp³-hybridized carbons (Fsp3) is 0.421. The fourth-order valence-electron chi connectivity index (χ4n) is 3.31. The van der Waals surface area contributed by atoms with Crippen LogP contribution in [0, 0.1) is 17.0 Å². The highest BCUT2D eigenvalue weighted by atomic mass is 32.2. The van der Waals surface area contributed by atoms with Crippen molar-refractivity contribution in [2.24, 2.45) is 0 Å². The normalized spacial score (nSPS) is 17.8. The van der Waals surface area contributed by atoms with Crippen LogP contribution in [0.25, 0.3) is 0 Å². The molecule has 3 rings (SSSR count). The predicted octanol–water partition coefficient (Wildman–Crippen LogP) is 3.88. The van der Waals surface area contributed by atoms with Crippen LogP contribution in [0.4, 0.5) is 5.00 Å². The summed E-state index contributed by atoms with van der Waals surface area (Å²) in [5, 5.41) is 12.3. The summed E-state index contributed by atoms with van der Waals surface area (Å²) >= 11 is 0.955. The Hall–Kier alpha value is -2.30. The van der Waals surface area contributed by atoms with Crippen molar-refractivity contribution >= 4 is 32.3 Å². The minimum Gasteiger partial charge on any atom is -0.457 e. The second-order valence-corrected chi connectivity index (χ2v) is 9.84. The summed E-state index contributed by atoms with van der Waals surface area (Å²) in [6, 6.07) is 5.71. The molecule has 2 heterocycles. The van der Waals surface area contributed by atoms with E-state index in [4.69, 9.17) is 4.74 Å². The highest BCUT2D eigenvalue weighted by molar-refractivity contribution is 7.89. The summed E-state index contributed by atoms with van der Waals surface area (Å²) in [4.78, 5) is 22.8. The van der Waals surface area contributed by atoms with E-state index in [0.717, 1.165) is 30.6 Å². The van der Waals surface area contributed by atoms with Gasteiger partial charge in [0.25, 0.3) is 0 Å². The smallest absolute Gasteiger partial charge is 0.338 e. The zero-order chi connectivity index (χ0) is 21.2. The number of esters is 1.